The SMILES string of the molecule is COc1ccc2oc(/C=C3\C(=O)Nc4ccc(S(N)(=O)=O)cc43)cc2c1. The number of benzene rings is 2. The first-order valence-corrected chi connectivity index (χ1v) is 9.17. The van der Waals surface area contributed by atoms with Crippen molar-refractivity contribution in [2.75, 3.05) is 12.4 Å². The maximum absolute atomic E-state index is 12.3. The van der Waals surface area contributed by atoms with Crippen LogP contribution in [0.3, 0.4) is 0 Å². The molecule has 1 aliphatic heterocycles. The Balaban J connectivity index is 1.82. The topological polar surface area (TPSA) is 112 Å². The number of hydrogen-bond acceptors (Lipinski definition) is 5. The third-order valence-corrected chi connectivity index (χ3v) is 5.04. The van der Waals surface area contributed by atoms with Crippen LogP contribution < -0.4 is 15.2 Å². The number of sulfonamides is 1. The predicted octanol–water partition coefficient (Wildman–Crippen LogP) is 2.58. The van der Waals surface area contributed by atoms with Crippen LogP contribution in [0.15, 0.2) is 51.8 Å². The van der Waals surface area contributed by atoms with Gasteiger partial charge in [-0.2, -0.15) is 0 Å². The van der Waals surface area contributed by atoms with Gasteiger partial charge in [-0.15, -0.1) is 0 Å². The Hall–Kier alpha value is -3.10. The molecule has 2 aromatic carbocycles. The largest absolute Gasteiger partial charge is 0.497 e. The van der Waals surface area contributed by atoms with Crippen LogP contribution in [-0.2, 0) is 14.8 Å². The molecule has 0 atom stereocenters. The highest BCUT2D eigenvalue weighted by molar-refractivity contribution is 7.89. The molecule has 4 rings (SSSR count). The summed E-state index contributed by atoms with van der Waals surface area (Å²) in [5.74, 6) is 0.816. The van der Waals surface area contributed by atoms with E-state index < -0.39 is 10.0 Å². The van der Waals surface area contributed by atoms with Gasteiger partial charge < -0.3 is 14.5 Å². The number of primary sulfonamides is 1. The van der Waals surface area contributed by atoms with E-state index in [1.165, 1.54) is 18.2 Å². The first kappa shape index (κ1) is 16.4. The molecular formula is C18H14N2O5S. The average molecular weight is 370 g/mol. The number of anilines is 1. The molecule has 1 amide bonds. The molecule has 0 saturated carbocycles. The highest BCUT2D eigenvalue weighted by Crippen LogP contribution is 2.35. The third kappa shape index (κ3) is 2.75. The molecule has 132 valence electrons. The van der Waals surface area contributed by atoms with Crippen LogP contribution in [-0.4, -0.2) is 21.4 Å². The summed E-state index contributed by atoms with van der Waals surface area (Å²) in [5, 5.41) is 8.70. The van der Waals surface area contributed by atoms with Gasteiger partial charge in [0.05, 0.1) is 17.6 Å². The maximum atomic E-state index is 12.3. The number of methoxy groups -OCH3 is 1. The number of furan rings is 1. The lowest BCUT2D eigenvalue weighted by molar-refractivity contribution is -0.110. The van der Waals surface area contributed by atoms with Crippen LogP contribution in [0.25, 0.3) is 22.6 Å². The molecule has 2 heterocycles. The highest BCUT2D eigenvalue weighted by Gasteiger charge is 2.26. The van der Waals surface area contributed by atoms with Crippen LogP contribution in [0.4, 0.5) is 5.69 Å². The van der Waals surface area contributed by atoms with Crippen molar-refractivity contribution in [2.45, 2.75) is 4.90 Å². The Labute approximate surface area is 149 Å². The number of ether oxygens (including phenoxy) is 1. The monoisotopic (exact) mass is 370 g/mol. The van der Waals surface area contributed by atoms with Gasteiger partial charge in [0.2, 0.25) is 10.0 Å². The minimum atomic E-state index is -3.87. The Morgan fingerprint density at radius 1 is 1.15 bits per heavy atom. The number of hydrogen-bond donors (Lipinski definition) is 2. The van der Waals surface area contributed by atoms with E-state index in [2.05, 4.69) is 5.32 Å². The number of amides is 1. The predicted molar refractivity (Wildman–Crippen MR) is 97.1 cm³/mol. The lowest BCUT2D eigenvalue weighted by Crippen LogP contribution is -2.12. The summed E-state index contributed by atoms with van der Waals surface area (Å²) in [7, 11) is -2.29. The van der Waals surface area contributed by atoms with Crippen LogP contribution in [0, 0.1) is 0 Å². The van der Waals surface area contributed by atoms with Gasteiger partial charge in [-0.3, -0.25) is 4.79 Å². The van der Waals surface area contributed by atoms with E-state index in [4.69, 9.17) is 14.3 Å². The zero-order chi connectivity index (χ0) is 18.5. The molecule has 7 nitrogen and oxygen atoms in total. The highest BCUT2D eigenvalue weighted by atomic mass is 32.2. The van der Waals surface area contributed by atoms with E-state index in [0.717, 1.165) is 5.39 Å². The fraction of sp³-hybridized carbons (Fsp3) is 0.0556. The van der Waals surface area contributed by atoms with Gasteiger partial charge in [-0.25, -0.2) is 13.6 Å². The van der Waals surface area contributed by atoms with E-state index in [1.807, 2.05) is 6.07 Å². The van der Waals surface area contributed by atoms with Gasteiger partial charge in [0.1, 0.15) is 17.1 Å². The van der Waals surface area contributed by atoms with Crippen LogP contribution in [0.1, 0.15) is 11.3 Å². The van der Waals surface area contributed by atoms with E-state index in [0.29, 0.717) is 33.9 Å². The molecule has 26 heavy (non-hydrogen) atoms. The van der Waals surface area contributed by atoms with E-state index in [-0.39, 0.29) is 10.8 Å². The number of nitrogens with two attached hydrogens (primary N) is 1. The van der Waals surface area contributed by atoms with Crippen LogP contribution in [0.5, 0.6) is 5.75 Å². The van der Waals surface area contributed by atoms with Crippen molar-refractivity contribution in [3.8, 4) is 5.75 Å². The zero-order valence-electron chi connectivity index (χ0n) is 13.6. The van der Waals surface area contributed by atoms with Crippen LogP contribution in [0.2, 0.25) is 0 Å². The van der Waals surface area contributed by atoms with Crippen molar-refractivity contribution in [3.05, 3.63) is 53.8 Å². The summed E-state index contributed by atoms with van der Waals surface area (Å²) >= 11 is 0. The van der Waals surface area contributed by atoms with Gasteiger partial charge in [0.25, 0.3) is 5.91 Å². The first-order chi connectivity index (χ1) is 12.3. The summed E-state index contributed by atoms with van der Waals surface area (Å²) in [5.41, 5.74) is 1.93. The van der Waals surface area contributed by atoms with Gasteiger partial charge in [0, 0.05) is 16.6 Å². The minimum absolute atomic E-state index is 0.0620. The third-order valence-electron chi connectivity index (χ3n) is 4.13. The normalized spacial score (nSPS) is 15.3. The van der Waals surface area contributed by atoms with Crippen molar-refractivity contribution in [3.63, 3.8) is 0 Å². The summed E-state index contributed by atoms with van der Waals surface area (Å²) in [6.45, 7) is 0. The molecular weight excluding hydrogens is 356 g/mol. The number of carbonyl (C=O) groups excluding carboxylic acids is 1. The van der Waals surface area contributed by atoms with E-state index >= 15 is 0 Å². The zero-order valence-corrected chi connectivity index (χ0v) is 14.5. The lowest BCUT2D eigenvalue weighted by Gasteiger charge is -2.02. The Morgan fingerprint density at radius 3 is 2.69 bits per heavy atom. The molecule has 0 saturated heterocycles. The number of nitrogens with one attached hydrogen (secondary N) is 1. The minimum Gasteiger partial charge on any atom is -0.497 e. The summed E-state index contributed by atoms with van der Waals surface area (Å²) < 4.78 is 34.1. The Bertz CT molecular complexity index is 1190. The maximum Gasteiger partial charge on any atom is 0.256 e. The Kier molecular flexibility index (Phi) is 3.60. The molecule has 0 spiro atoms. The van der Waals surface area contributed by atoms with Crippen LogP contribution >= 0.6 is 0 Å². The van der Waals surface area contributed by atoms with E-state index in [9.17, 15) is 13.2 Å². The van der Waals surface area contributed by atoms with Gasteiger partial charge >= 0.3 is 0 Å². The first-order valence-electron chi connectivity index (χ1n) is 7.63. The molecule has 1 aliphatic rings. The molecule has 3 N–H and O–H groups in total. The quantitative estimate of drug-likeness (QED) is 0.688. The summed E-state index contributed by atoms with van der Waals surface area (Å²) in [6.07, 6.45) is 1.57. The molecule has 8 heteroatoms. The van der Waals surface area contributed by atoms with E-state index in [1.54, 1.807) is 31.4 Å². The van der Waals surface area contributed by atoms with Crippen molar-refractivity contribution < 1.29 is 22.4 Å². The summed E-state index contributed by atoms with van der Waals surface area (Å²) in [4.78, 5) is 12.2. The molecule has 0 unspecified atom stereocenters. The van der Waals surface area contributed by atoms with Crippen molar-refractivity contribution in [2.24, 2.45) is 5.14 Å². The fourth-order valence-corrected chi connectivity index (χ4v) is 3.41. The molecule has 0 bridgehead atoms. The lowest BCUT2D eigenvalue weighted by atomic mass is 10.1. The number of fused-ring (bicyclic) bond motifs is 2. The van der Waals surface area contributed by atoms with Crippen molar-refractivity contribution >= 4 is 44.2 Å². The average Bonchev–Trinajstić information content (AvgIpc) is 3.13. The fourth-order valence-electron chi connectivity index (χ4n) is 2.87. The number of rotatable bonds is 3. The van der Waals surface area contributed by atoms with Crippen molar-refractivity contribution in [1.29, 1.82) is 0 Å². The second-order valence-electron chi connectivity index (χ2n) is 5.82. The molecule has 3 aromatic rings. The molecule has 0 aliphatic carbocycles. The standard InChI is InChI=1S/C18H14N2O5S/c1-24-11-2-5-17-10(6-11)7-12(25-17)8-15-14-9-13(26(19,22)23)3-4-16(14)20-18(15)21/h2-9H,1H3,(H,20,21)(H2,19,22,23)/b15-8-. The number of carbonyl (C=O) groups is 1. The molecule has 0 fully saturated rings. The van der Waals surface area contributed by atoms with Crippen molar-refractivity contribution in [1.82, 2.24) is 0 Å². The molecule has 1 aromatic heterocycles. The summed E-state index contributed by atoms with van der Waals surface area (Å²) in [6, 6.07) is 11.4. The second-order valence-corrected chi connectivity index (χ2v) is 7.38. The second kappa shape index (κ2) is 5.72. The van der Waals surface area contributed by atoms with Gasteiger partial charge in [-0.1, -0.05) is 0 Å². The van der Waals surface area contributed by atoms with Gasteiger partial charge in [0.15, 0.2) is 0 Å². The van der Waals surface area contributed by atoms with Gasteiger partial charge in [-0.05, 0) is 48.5 Å². The Morgan fingerprint density at radius 2 is 1.96 bits per heavy atom. The molecule has 0 radical (unpaired) electrons. The smallest absolute Gasteiger partial charge is 0.256 e.